The minimum absolute atomic E-state index is 0.0402. The molecule has 0 spiro atoms. The monoisotopic (exact) mass is 356 g/mol. The van der Waals surface area contributed by atoms with Gasteiger partial charge in [-0.1, -0.05) is 30.3 Å². The van der Waals surface area contributed by atoms with E-state index in [2.05, 4.69) is 5.32 Å². The Morgan fingerprint density at radius 1 is 1.04 bits per heavy atom. The van der Waals surface area contributed by atoms with E-state index in [1.54, 1.807) is 59.3 Å². The summed E-state index contributed by atoms with van der Waals surface area (Å²) in [4.78, 5) is 23.4. The lowest BCUT2D eigenvalue weighted by molar-refractivity contribution is -0.255. The van der Waals surface area contributed by atoms with Crippen molar-refractivity contribution in [3.63, 3.8) is 0 Å². The first-order valence-electron chi connectivity index (χ1n) is 8.06. The number of hydrogen-bond donors (Lipinski definition) is 1. The molecule has 6 heteroatoms. The lowest BCUT2D eigenvalue weighted by Crippen LogP contribution is -2.22. The third-order valence-electron chi connectivity index (χ3n) is 3.83. The second-order valence-corrected chi connectivity index (χ2v) is 5.63. The van der Waals surface area contributed by atoms with Crippen molar-refractivity contribution in [1.29, 1.82) is 5.26 Å². The summed E-state index contributed by atoms with van der Waals surface area (Å²) in [5.41, 5.74) is 1.69. The van der Waals surface area contributed by atoms with Gasteiger partial charge in [0, 0.05) is 23.3 Å². The molecular weight excluding hydrogens is 342 g/mol. The average Bonchev–Trinajstić information content (AvgIpc) is 3.15. The van der Waals surface area contributed by atoms with Crippen LogP contribution in [0.15, 0.2) is 78.5 Å². The predicted octanol–water partition coefficient (Wildman–Crippen LogP) is 2.39. The van der Waals surface area contributed by atoms with Crippen LogP contribution in [-0.2, 0) is 4.79 Å². The van der Waals surface area contributed by atoms with Gasteiger partial charge in [-0.25, -0.2) is 0 Å². The Balaban J connectivity index is 1.92. The normalized spacial score (nSPS) is 10.9. The maximum atomic E-state index is 12.4. The van der Waals surface area contributed by atoms with E-state index in [0.717, 1.165) is 0 Å². The molecule has 0 aliphatic rings. The number of nitriles is 1. The van der Waals surface area contributed by atoms with Gasteiger partial charge in [0.2, 0.25) is 0 Å². The van der Waals surface area contributed by atoms with Crippen LogP contribution < -0.4 is 10.4 Å². The molecule has 0 unspecified atom stereocenters. The molecule has 1 heterocycles. The summed E-state index contributed by atoms with van der Waals surface area (Å²) in [6.45, 7) is 0. The van der Waals surface area contributed by atoms with E-state index in [-0.39, 0.29) is 11.1 Å². The predicted molar refractivity (Wildman–Crippen MR) is 98.8 cm³/mol. The van der Waals surface area contributed by atoms with Crippen LogP contribution in [0.4, 0.5) is 5.69 Å². The fraction of sp³-hybridized carbons (Fsp3) is 0. The molecule has 27 heavy (non-hydrogen) atoms. The molecule has 1 N–H and O–H groups in total. The van der Waals surface area contributed by atoms with Crippen molar-refractivity contribution in [2.75, 3.05) is 5.32 Å². The molecule has 3 rings (SSSR count). The zero-order valence-corrected chi connectivity index (χ0v) is 14.1. The summed E-state index contributed by atoms with van der Waals surface area (Å²) in [7, 11) is 0. The highest BCUT2D eigenvalue weighted by atomic mass is 16.4. The number of rotatable bonds is 5. The first-order chi connectivity index (χ1) is 13.1. The van der Waals surface area contributed by atoms with Gasteiger partial charge in [-0.3, -0.25) is 4.79 Å². The lowest BCUT2D eigenvalue weighted by Gasteiger charge is -2.10. The average molecular weight is 356 g/mol. The highest BCUT2D eigenvalue weighted by molar-refractivity contribution is 6.09. The van der Waals surface area contributed by atoms with E-state index in [1.807, 2.05) is 12.1 Å². The van der Waals surface area contributed by atoms with Gasteiger partial charge in [-0.15, -0.1) is 0 Å². The van der Waals surface area contributed by atoms with Gasteiger partial charge >= 0.3 is 0 Å². The fourth-order valence-electron chi connectivity index (χ4n) is 2.55. The minimum Gasteiger partial charge on any atom is -0.545 e. The van der Waals surface area contributed by atoms with Gasteiger partial charge < -0.3 is 19.8 Å². The van der Waals surface area contributed by atoms with Crippen LogP contribution in [0.3, 0.4) is 0 Å². The molecule has 1 aromatic heterocycles. The van der Waals surface area contributed by atoms with Crippen molar-refractivity contribution in [3.8, 4) is 11.8 Å². The van der Waals surface area contributed by atoms with Crippen LogP contribution in [0.5, 0.6) is 0 Å². The highest BCUT2D eigenvalue weighted by Gasteiger charge is 2.11. The summed E-state index contributed by atoms with van der Waals surface area (Å²) >= 11 is 0. The summed E-state index contributed by atoms with van der Waals surface area (Å²) in [5, 5.41) is 23.1. The van der Waals surface area contributed by atoms with Crippen molar-refractivity contribution in [3.05, 3.63) is 89.8 Å². The second-order valence-electron chi connectivity index (χ2n) is 5.63. The molecular formula is C21H14N3O3-. The SMILES string of the molecule is N#C/C(=C\c1cccn1-c1cccc(C(=O)[O-])c1)C(=O)Nc1ccccc1. The minimum atomic E-state index is -1.28. The molecule has 6 nitrogen and oxygen atoms in total. The van der Waals surface area contributed by atoms with E-state index in [9.17, 15) is 20.0 Å². The van der Waals surface area contributed by atoms with Crippen molar-refractivity contribution in [2.45, 2.75) is 0 Å². The standard InChI is InChI=1S/C21H15N3O3/c22-14-16(20(25)23-17-7-2-1-3-8-17)13-19-10-5-11-24(19)18-9-4-6-15(12-18)21(26)27/h1-13H,(H,23,25)(H,26,27)/p-1/b16-13+. The zero-order chi connectivity index (χ0) is 19.2. The summed E-state index contributed by atoms with van der Waals surface area (Å²) in [6.07, 6.45) is 3.16. The summed E-state index contributed by atoms with van der Waals surface area (Å²) in [5.74, 6) is -1.80. The molecule has 0 saturated carbocycles. The zero-order valence-electron chi connectivity index (χ0n) is 14.1. The van der Waals surface area contributed by atoms with Crippen LogP contribution in [0.2, 0.25) is 0 Å². The van der Waals surface area contributed by atoms with Gasteiger partial charge in [0.25, 0.3) is 5.91 Å². The molecule has 0 fully saturated rings. The van der Waals surface area contributed by atoms with Gasteiger partial charge in [-0.2, -0.15) is 5.26 Å². The number of amides is 1. The number of benzene rings is 2. The lowest BCUT2D eigenvalue weighted by atomic mass is 10.2. The number of hydrogen-bond acceptors (Lipinski definition) is 4. The number of carbonyl (C=O) groups is 2. The highest BCUT2D eigenvalue weighted by Crippen LogP contribution is 2.17. The van der Waals surface area contributed by atoms with Crippen molar-refractivity contribution < 1.29 is 14.7 Å². The molecule has 3 aromatic rings. The first-order valence-corrected chi connectivity index (χ1v) is 8.06. The summed E-state index contributed by atoms with van der Waals surface area (Å²) < 4.78 is 1.68. The maximum absolute atomic E-state index is 12.4. The number of carboxylic acid groups (broad SMARTS) is 1. The third-order valence-corrected chi connectivity index (χ3v) is 3.83. The molecule has 2 aromatic carbocycles. The number of nitrogens with zero attached hydrogens (tertiary/aromatic N) is 2. The maximum Gasteiger partial charge on any atom is 0.266 e. The topological polar surface area (TPSA) is 97.9 Å². The van der Waals surface area contributed by atoms with Gasteiger partial charge in [0.1, 0.15) is 11.6 Å². The van der Waals surface area contributed by atoms with Gasteiger partial charge in [0.15, 0.2) is 0 Å². The van der Waals surface area contributed by atoms with Gasteiger partial charge in [0.05, 0.1) is 5.97 Å². The Bertz CT molecular complexity index is 1060. The Morgan fingerprint density at radius 3 is 2.52 bits per heavy atom. The molecule has 0 radical (unpaired) electrons. The Hall–Kier alpha value is -4.11. The molecule has 0 atom stereocenters. The molecule has 0 aliphatic carbocycles. The Kier molecular flexibility index (Phi) is 5.15. The smallest absolute Gasteiger partial charge is 0.266 e. The fourth-order valence-corrected chi connectivity index (χ4v) is 2.55. The first kappa shape index (κ1) is 17.7. The third kappa shape index (κ3) is 4.11. The number of aromatic carboxylic acids is 1. The molecule has 132 valence electrons. The number of anilines is 1. The van der Waals surface area contributed by atoms with Gasteiger partial charge in [-0.05, 0) is 48.0 Å². The van der Waals surface area contributed by atoms with Crippen molar-refractivity contribution >= 4 is 23.6 Å². The number of para-hydroxylation sites is 1. The van der Waals surface area contributed by atoms with Crippen molar-refractivity contribution in [2.24, 2.45) is 0 Å². The molecule has 0 bridgehead atoms. The van der Waals surface area contributed by atoms with E-state index >= 15 is 0 Å². The Labute approximate surface area is 155 Å². The molecule has 0 saturated heterocycles. The van der Waals surface area contributed by atoms with Crippen LogP contribution >= 0.6 is 0 Å². The Morgan fingerprint density at radius 2 is 1.81 bits per heavy atom. The van der Waals surface area contributed by atoms with E-state index in [4.69, 9.17) is 0 Å². The van der Waals surface area contributed by atoms with Crippen LogP contribution in [0, 0.1) is 11.3 Å². The van der Waals surface area contributed by atoms with E-state index in [1.165, 1.54) is 18.2 Å². The number of nitrogens with one attached hydrogen (secondary N) is 1. The molecule has 0 aliphatic heterocycles. The number of carboxylic acids is 1. The van der Waals surface area contributed by atoms with Crippen LogP contribution in [0.25, 0.3) is 11.8 Å². The molecule has 1 amide bonds. The number of carbonyl (C=O) groups excluding carboxylic acids is 2. The largest absolute Gasteiger partial charge is 0.545 e. The number of aromatic nitrogens is 1. The van der Waals surface area contributed by atoms with Crippen LogP contribution in [0.1, 0.15) is 16.1 Å². The quantitative estimate of drug-likeness (QED) is 0.560. The van der Waals surface area contributed by atoms with E-state index in [0.29, 0.717) is 17.1 Å². The van der Waals surface area contributed by atoms with Crippen LogP contribution in [-0.4, -0.2) is 16.4 Å². The summed E-state index contributed by atoms with van der Waals surface area (Å²) in [6, 6.07) is 20.4. The second kappa shape index (κ2) is 7.85. The van der Waals surface area contributed by atoms with Crippen molar-refractivity contribution in [1.82, 2.24) is 4.57 Å². The van der Waals surface area contributed by atoms with E-state index < -0.39 is 11.9 Å².